The molecule has 5 nitrogen and oxygen atoms in total. The summed E-state index contributed by atoms with van der Waals surface area (Å²) in [5.41, 5.74) is 2.75. The van der Waals surface area contributed by atoms with Crippen LogP contribution in [0.3, 0.4) is 0 Å². The van der Waals surface area contributed by atoms with Crippen LogP contribution in [0.25, 0.3) is 11.1 Å². The Morgan fingerprint density at radius 3 is 2.25 bits per heavy atom. The van der Waals surface area contributed by atoms with Gasteiger partial charge in [0.2, 0.25) is 0 Å². The highest BCUT2D eigenvalue weighted by Gasteiger charge is 2.23. The molecule has 2 aromatic rings. The third-order valence-corrected chi connectivity index (χ3v) is 3.91. The van der Waals surface area contributed by atoms with Gasteiger partial charge in [-0.2, -0.15) is 0 Å². The first kappa shape index (κ1) is 18.0. The Hall–Kier alpha value is -2.37. The van der Waals surface area contributed by atoms with Crippen LogP contribution in [0.1, 0.15) is 12.5 Å². The molecule has 3 N–H and O–H groups in total. The van der Waals surface area contributed by atoms with Gasteiger partial charge >= 0.3 is 11.9 Å². The van der Waals surface area contributed by atoms with Crippen LogP contribution in [0.2, 0.25) is 5.02 Å². The van der Waals surface area contributed by atoms with E-state index in [9.17, 15) is 14.7 Å². The van der Waals surface area contributed by atoms with Gasteiger partial charge < -0.3 is 10.2 Å². The number of nitrogens with one attached hydrogen (secondary N) is 1. The first-order chi connectivity index (χ1) is 11.4. The zero-order valence-corrected chi connectivity index (χ0v) is 13.8. The molecule has 2 rings (SSSR count). The van der Waals surface area contributed by atoms with Crippen molar-refractivity contribution < 1.29 is 19.8 Å². The van der Waals surface area contributed by atoms with Crippen molar-refractivity contribution in [1.82, 2.24) is 5.32 Å². The van der Waals surface area contributed by atoms with Gasteiger partial charge in [0.05, 0.1) is 0 Å². The van der Waals surface area contributed by atoms with E-state index in [0.717, 1.165) is 16.7 Å². The first-order valence-corrected chi connectivity index (χ1v) is 7.81. The maximum atomic E-state index is 11.3. The summed E-state index contributed by atoms with van der Waals surface area (Å²) in [5.74, 6) is -2.17. The van der Waals surface area contributed by atoms with Crippen molar-refractivity contribution in [2.75, 3.05) is 0 Å². The predicted octanol–water partition coefficient (Wildman–Crippen LogP) is 3.07. The normalized spacial score (nSPS) is 13.2. The molecule has 0 radical (unpaired) electrons. The Bertz CT molecular complexity index is 730. The molecular formula is C18H18ClNO4. The lowest BCUT2D eigenvalue weighted by Gasteiger charge is -2.17. The van der Waals surface area contributed by atoms with Gasteiger partial charge in [-0.25, -0.2) is 0 Å². The molecule has 0 heterocycles. The molecule has 0 unspecified atom stereocenters. The quantitative estimate of drug-likeness (QED) is 0.716. The van der Waals surface area contributed by atoms with Gasteiger partial charge in [0.1, 0.15) is 12.1 Å². The molecule has 0 aromatic heterocycles. The van der Waals surface area contributed by atoms with Crippen LogP contribution < -0.4 is 5.32 Å². The summed E-state index contributed by atoms with van der Waals surface area (Å²) < 4.78 is 0. The lowest BCUT2D eigenvalue weighted by atomic mass is 10.0. The van der Waals surface area contributed by atoms with E-state index in [4.69, 9.17) is 16.7 Å². The third-order valence-electron chi connectivity index (χ3n) is 3.67. The summed E-state index contributed by atoms with van der Waals surface area (Å²) >= 11 is 5.98. The molecule has 0 aliphatic heterocycles. The third kappa shape index (κ3) is 4.81. The predicted molar refractivity (Wildman–Crippen MR) is 92.2 cm³/mol. The summed E-state index contributed by atoms with van der Waals surface area (Å²) in [6.07, 6.45) is 0.197. The summed E-state index contributed by atoms with van der Waals surface area (Å²) in [6.45, 7) is 1.42. The topological polar surface area (TPSA) is 86.6 Å². The fraction of sp³-hybridized carbons (Fsp3) is 0.222. The smallest absolute Gasteiger partial charge is 0.321 e. The lowest BCUT2D eigenvalue weighted by Crippen LogP contribution is -2.46. The van der Waals surface area contributed by atoms with Crippen LogP contribution in [-0.4, -0.2) is 34.2 Å². The SMILES string of the molecule is C[C@H](N[C@@H](Cc1ccc(-c2cccc(Cl)c2)cc1)C(=O)O)C(=O)O. The Morgan fingerprint density at radius 2 is 1.71 bits per heavy atom. The molecule has 0 aliphatic rings. The molecule has 6 heteroatoms. The Balaban J connectivity index is 2.11. The van der Waals surface area contributed by atoms with Gasteiger partial charge in [-0.05, 0) is 42.2 Å². The Labute approximate surface area is 144 Å². The average Bonchev–Trinajstić information content (AvgIpc) is 2.54. The Morgan fingerprint density at radius 1 is 1.04 bits per heavy atom. The molecule has 0 fully saturated rings. The second-order valence-electron chi connectivity index (χ2n) is 5.53. The van der Waals surface area contributed by atoms with Crippen LogP contribution in [-0.2, 0) is 16.0 Å². The highest BCUT2D eigenvalue weighted by Crippen LogP contribution is 2.23. The monoisotopic (exact) mass is 347 g/mol. The van der Waals surface area contributed by atoms with E-state index in [1.807, 2.05) is 42.5 Å². The molecule has 126 valence electrons. The van der Waals surface area contributed by atoms with Gasteiger partial charge in [0.25, 0.3) is 0 Å². The number of halogens is 1. The Kier molecular flexibility index (Phi) is 5.95. The number of carboxylic acid groups (broad SMARTS) is 2. The number of rotatable bonds is 7. The van der Waals surface area contributed by atoms with Crippen molar-refractivity contribution in [2.24, 2.45) is 0 Å². The van der Waals surface area contributed by atoms with E-state index in [2.05, 4.69) is 5.32 Å². The number of carboxylic acids is 2. The van der Waals surface area contributed by atoms with Gasteiger partial charge in [0.15, 0.2) is 0 Å². The van der Waals surface area contributed by atoms with E-state index in [1.54, 1.807) is 6.07 Å². The van der Waals surface area contributed by atoms with Crippen LogP contribution in [0.15, 0.2) is 48.5 Å². The minimum Gasteiger partial charge on any atom is -0.480 e. The van der Waals surface area contributed by atoms with Crippen molar-refractivity contribution in [3.8, 4) is 11.1 Å². The van der Waals surface area contributed by atoms with Gasteiger partial charge in [-0.1, -0.05) is 48.0 Å². The van der Waals surface area contributed by atoms with Crippen molar-refractivity contribution in [3.05, 3.63) is 59.1 Å². The zero-order valence-electron chi connectivity index (χ0n) is 13.1. The molecule has 0 bridgehead atoms. The van der Waals surface area contributed by atoms with E-state index in [-0.39, 0.29) is 6.42 Å². The van der Waals surface area contributed by atoms with Gasteiger partial charge in [-0.15, -0.1) is 0 Å². The van der Waals surface area contributed by atoms with Crippen LogP contribution >= 0.6 is 11.6 Å². The molecular weight excluding hydrogens is 330 g/mol. The molecule has 0 saturated carbocycles. The minimum atomic E-state index is -1.09. The van der Waals surface area contributed by atoms with Gasteiger partial charge in [-0.3, -0.25) is 14.9 Å². The summed E-state index contributed by atoms with van der Waals surface area (Å²) in [5, 5.41) is 21.4. The van der Waals surface area contributed by atoms with Crippen molar-refractivity contribution in [2.45, 2.75) is 25.4 Å². The second-order valence-corrected chi connectivity index (χ2v) is 5.97. The van der Waals surface area contributed by atoms with Crippen molar-refractivity contribution in [1.29, 1.82) is 0 Å². The summed E-state index contributed by atoms with van der Waals surface area (Å²) in [7, 11) is 0. The molecule has 0 saturated heterocycles. The number of hydrogen-bond donors (Lipinski definition) is 3. The average molecular weight is 348 g/mol. The molecule has 0 aliphatic carbocycles. The fourth-order valence-corrected chi connectivity index (χ4v) is 2.52. The number of carbonyl (C=O) groups is 2. The van der Waals surface area contributed by atoms with Crippen LogP contribution in [0.5, 0.6) is 0 Å². The van der Waals surface area contributed by atoms with E-state index >= 15 is 0 Å². The van der Waals surface area contributed by atoms with Crippen LogP contribution in [0.4, 0.5) is 0 Å². The zero-order chi connectivity index (χ0) is 17.7. The lowest BCUT2D eigenvalue weighted by molar-refractivity contribution is -0.142. The first-order valence-electron chi connectivity index (χ1n) is 7.43. The number of aliphatic carboxylic acids is 2. The highest BCUT2D eigenvalue weighted by atomic mass is 35.5. The highest BCUT2D eigenvalue weighted by molar-refractivity contribution is 6.30. The molecule has 0 amide bonds. The van der Waals surface area contributed by atoms with E-state index in [1.165, 1.54) is 6.92 Å². The minimum absolute atomic E-state index is 0.197. The molecule has 24 heavy (non-hydrogen) atoms. The maximum Gasteiger partial charge on any atom is 0.321 e. The van der Waals surface area contributed by atoms with Crippen molar-refractivity contribution >= 4 is 23.5 Å². The van der Waals surface area contributed by atoms with E-state index in [0.29, 0.717) is 5.02 Å². The fourth-order valence-electron chi connectivity index (χ4n) is 2.33. The molecule has 2 atom stereocenters. The van der Waals surface area contributed by atoms with Crippen molar-refractivity contribution in [3.63, 3.8) is 0 Å². The van der Waals surface area contributed by atoms with E-state index < -0.39 is 24.0 Å². The largest absolute Gasteiger partial charge is 0.480 e. The maximum absolute atomic E-state index is 11.3. The molecule has 0 spiro atoms. The number of hydrogen-bond acceptors (Lipinski definition) is 3. The standard InChI is InChI=1S/C18H18ClNO4/c1-11(17(21)22)20-16(18(23)24)9-12-5-7-13(8-6-12)14-3-2-4-15(19)10-14/h2-8,10-11,16,20H,9H2,1H3,(H,21,22)(H,23,24)/t11-,16-/m0/s1. The number of benzene rings is 2. The molecule has 2 aromatic carbocycles. The second kappa shape index (κ2) is 7.95. The summed E-state index contributed by atoms with van der Waals surface area (Å²) in [6, 6.07) is 13.0. The van der Waals surface area contributed by atoms with Gasteiger partial charge in [0, 0.05) is 5.02 Å². The van der Waals surface area contributed by atoms with Crippen LogP contribution in [0, 0.1) is 0 Å². The summed E-state index contributed by atoms with van der Waals surface area (Å²) in [4.78, 5) is 22.2.